The van der Waals surface area contributed by atoms with Crippen LogP contribution in [0.4, 0.5) is 0 Å². The van der Waals surface area contributed by atoms with Crippen LogP contribution in [-0.4, -0.2) is 38.7 Å². The molecule has 3 aromatic carbocycles. The van der Waals surface area contributed by atoms with E-state index in [1.165, 1.54) is 11.1 Å². The van der Waals surface area contributed by atoms with Crippen molar-refractivity contribution in [1.29, 1.82) is 0 Å². The van der Waals surface area contributed by atoms with Gasteiger partial charge in [-0.05, 0) is 163 Å². The van der Waals surface area contributed by atoms with Gasteiger partial charge in [0.25, 0.3) is 0 Å². The van der Waals surface area contributed by atoms with Crippen molar-refractivity contribution in [2.45, 2.75) is 219 Å². The van der Waals surface area contributed by atoms with E-state index in [9.17, 15) is 5.11 Å². The Kier molecular flexibility index (Phi) is 18.5. The first-order valence-corrected chi connectivity index (χ1v) is 29.7. The second-order valence-corrected chi connectivity index (χ2v) is 26.4. The first-order chi connectivity index (χ1) is 28.4. The van der Waals surface area contributed by atoms with Crippen molar-refractivity contribution in [3.05, 3.63) is 83.9 Å². The van der Waals surface area contributed by atoms with Gasteiger partial charge in [0.2, 0.25) is 8.32 Å². The molecule has 0 saturated heterocycles. The van der Waals surface area contributed by atoms with Crippen molar-refractivity contribution in [2.24, 2.45) is 0 Å². The van der Waals surface area contributed by atoms with Crippen LogP contribution in [-0.2, 0) is 20.1 Å². The predicted octanol–water partition coefficient (Wildman–Crippen LogP) is 15.8. The Labute approximate surface area is 369 Å². The average molecular weight is 863 g/mol. The highest BCUT2D eigenvalue weighted by atomic mass is 28.4. The van der Waals surface area contributed by atoms with Gasteiger partial charge in [0.15, 0.2) is 8.32 Å². The van der Waals surface area contributed by atoms with Gasteiger partial charge in [0, 0.05) is 5.04 Å². The highest BCUT2D eigenvalue weighted by Gasteiger charge is 2.61. The Morgan fingerprint density at radius 2 is 0.833 bits per heavy atom. The molecule has 0 amide bonds. The van der Waals surface area contributed by atoms with Crippen LogP contribution in [0.15, 0.2) is 72.8 Å². The van der Waals surface area contributed by atoms with Crippen molar-refractivity contribution < 1.29 is 28.2 Å². The normalized spacial score (nSPS) is 13.5. The zero-order valence-corrected chi connectivity index (χ0v) is 43.0. The van der Waals surface area contributed by atoms with Crippen LogP contribution in [0.1, 0.15) is 171 Å². The van der Waals surface area contributed by atoms with Gasteiger partial charge in [-0.2, -0.15) is 0 Å². The minimum absolute atomic E-state index is 0.174. The van der Waals surface area contributed by atoms with E-state index in [0.29, 0.717) is 0 Å². The molecule has 3 rings (SSSR count). The van der Waals surface area contributed by atoms with Crippen LogP contribution in [0.2, 0.25) is 31.2 Å². The standard InChI is InChI=1S/C52H86O6Si2/c1-17-44(18-2)54-45-35-29-41(30-36-45)48(19-3,20-4)57-59(13,14)51(25-9,26-10)50(23-7,24-8)55-46-37-31-42(32-38-46)49(21-5,22-6)58-60(15,16)52(27-11,28-12)56-47-39-33-43(53)34-40-47/h29-40,44,53H,17-28H2,1-16H3. The molecule has 0 saturated carbocycles. The Balaban J connectivity index is 2.02. The van der Waals surface area contributed by atoms with Crippen molar-refractivity contribution in [1.82, 2.24) is 0 Å². The van der Waals surface area contributed by atoms with Gasteiger partial charge >= 0.3 is 0 Å². The zero-order valence-electron chi connectivity index (χ0n) is 41.0. The lowest BCUT2D eigenvalue weighted by Gasteiger charge is -2.58. The van der Waals surface area contributed by atoms with Gasteiger partial charge in [-0.25, -0.2) is 0 Å². The molecule has 0 atom stereocenters. The van der Waals surface area contributed by atoms with Crippen LogP contribution < -0.4 is 14.2 Å². The second kappa shape index (κ2) is 21.5. The highest BCUT2D eigenvalue weighted by Crippen LogP contribution is 2.60. The largest absolute Gasteiger partial charge is 0.508 e. The van der Waals surface area contributed by atoms with Crippen LogP contribution in [0.5, 0.6) is 23.0 Å². The number of aromatic hydroxyl groups is 1. The molecule has 0 heterocycles. The monoisotopic (exact) mass is 863 g/mol. The maximum absolute atomic E-state index is 9.93. The third-order valence-electron chi connectivity index (χ3n) is 15.2. The van der Waals surface area contributed by atoms with Crippen molar-refractivity contribution in [3.8, 4) is 23.0 Å². The summed E-state index contributed by atoms with van der Waals surface area (Å²) in [5.41, 5.74) is 1.09. The number of phenols is 1. The molecular weight excluding hydrogens is 777 g/mol. The number of phenolic OH excluding ortho intramolecular Hbond substituents is 1. The predicted molar refractivity (Wildman–Crippen MR) is 259 cm³/mol. The fourth-order valence-corrected chi connectivity index (χ4v) is 19.4. The van der Waals surface area contributed by atoms with E-state index in [0.717, 1.165) is 94.3 Å². The van der Waals surface area contributed by atoms with E-state index in [-0.39, 0.29) is 16.9 Å². The molecule has 338 valence electrons. The minimum Gasteiger partial charge on any atom is -0.508 e. The molecule has 0 radical (unpaired) electrons. The summed E-state index contributed by atoms with van der Waals surface area (Å²) in [7, 11) is -5.11. The molecule has 0 aliphatic heterocycles. The zero-order chi connectivity index (χ0) is 45.0. The minimum atomic E-state index is -2.56. The molecule has 6 nitrogen and oxygen atoms in total. The summed E-state index contributed by atoms with van der Waals surface area (Å²) in [6.45, 7) is 36.7. The van der Waals surface area contributed by atoms with Gasteiger partial charge in [-0.3, -0.25) is 0 Å². The number of ether oxygens (including phenoxy) is 3. The van der Waals surface area contributed by atoms with E-state index in [4.69, 9.17) is 23.1 Å². The third kappa shape index (κ3) is 10.2. The number of hydrogen-bond donors (Lipinski definition) is 1. The molecular formula is C52H86O6Si2. The van der Waals surface area contributed by atoms with Crippen LogP contribution in [0.25, 0.3) is 0 Å². The lowest BCUT2D eigenvalue weighted by atomic mass is 9.77. The molecule has 0 aromatic heterocycles. The lowest BCUT2D eigenvalue weighted by Crippen LogP contribution is -2.62. The summed E-state index contributed by atoms with van der Waals surface area (Å²) in [4.78, 5) is 0. The SMILES string of the molecule is CCC(CC)Oc1ccc(C(CC)(CC)O[Si](C)(C)C(CC)(CC)C(CC)(CC)Oc2ccc(C(CC)(CC)O[Si](C)(C)C(CC)(CC)Oc3ccc(O)cc3)cc2)cc1. The molecule has 0 fully saturated rings. The Morgan fingerprint density at radius 1 is 0.450 bits per heavy atom. The van der Waals surface area contributed by atoms with Crippen LogP contribution in [0.3, 0.4) is 0 Å². The average Bonchev–Trinajstić information content (AvgIpc) is 3.26. The molecule has 0 spiro atoms. The van der Waals surface area contributed by atoms with E-state index >= 15 is 0 Å². The van der Waals surface area contributed by atoms with Gasteiger partial charge in [-0.1, -0.05) is 107 Å². The lowest BCUT2D eigenvalue weighted by molar-refractivity contribution is -0.0264. The number of hydrogen-bond acceptors (Lipinski definition) is 6. The van der Waals surface area contributed by atoms with Crippen molar-refractivity contribution >= 4 is 16.6 Å². The van der Waals surface area contributed by atoms with E-state index in [2.05, 4.69) is 158 Å². The topological polar surface area (TPSA) is 66.4 Å². The summed E-state index contributed by atoms with van der Waals surface area (Å²) in [5.74, 6) is 2.82. The molecule has 0 unspecified atom stereocenters. The maximum atomic E-state index is 9.93. The Hall–Kier alpha value is -2.79. The summed E-state index contributed by atoms with van der Waals surface area (Å²) < 4.78 is 35.9. The Bertz CT molecular complexity index is 1680. The number of rotatable bonds is 27. The van der Waals surface area contributed by atoms with Gasteiger partial charge in [0.1, 0.15) is 33.8 Å². The summed E-state index contributed by atoms with van der Waals surface area (Å²) in [6, 6.07) is 24.7. The Morgan fingerprint density at radius 3 is 1.20 bits per heavy atom. The smallest absolute Gasteiger partial charge is 0.233 e. The van der Waals surface area contributed by atoms with Crippen molar-refractivity contribution in [2.75, 3.05) is 0 Å². The van der Waals surface area contributed by atoms with Crippen LogP contribution in [0, 0.1) is 0 Å². The van der Waals surface area contributed by atoms with E-state index < -0.39 is 38.7 Å². The molecule has 8 heteroatoms. The molecule has 60 heavy (non-hydrogen) atoms. The highest BCUT2D eigenvalue weighted by molar-refractivity contribution is 6.75. The molecule has 0 bridgehead atoms. The van der Waals surface area contributed by atoms with E-state index in [1.807, 2.05) is 12.1 Å². The number of benzene rings is 3. The third-order valence-corrected chi connectivity index (χ3v) is 23.5. The van der Waals surface area contributed by atoms with Gasteiger partial charge < -0.3 is 28.2 Å². The summed E-state index contributed by atoms with van der Waals surface area (Å²) in [5, 5.41) is 9.30. The molecule has 3 aromatic rings. The molecule has 0 aliphatic carbocycles. The quantitative estimate of drug-likeness (QED) is 0.0770. The fraction of sp³-hybridized carbons (Fsp3) is 0.654. The van der Waals surface area contributed by atoms with Gasteiger partial charge in [-0.15, -0.1) is 0 Å². The summed E-state index contributed by atoms with van der Waals surface area (Å²) >= 11 is 0. The first kappa shape index (κ1) is 51.6. The fourth-order valence-electron chi connectivity index (χ4n) is 11.0. The maximum Gasteiger partial charge on any atom is 0.233 e. The van der Waals surface area contributed by atoms with Gasteiger partial charge in [0.05, 0.1) is 17.3 Å². The first-order valence-electron chi connectivity index (χ1n) is 23.8. The summed E-state index contributed by atoms with van der Waals surface area (Å²) in [6.07, 6.45) is 11.1. The van der Waals surface area contributed by atoms with Crippen LogP contribution >= 0.6 is 0 Å². The van der Waals surface area contributed by atoms with Crippen molar-refractivity contribution in [3.63, 3.8) is 0 Å². The molecule has 0 aliphatic rings. The molecule has 1 N–H and O–H groups in total. The second-order valence-electron chi connectivity index (χ2n) is 18.1. The van der Waals surface area contributed by atoms with E-state index in [1.54, 1.807) is 12.1 Å².